The molecule has 0 aliphatic heterocycles. The predicted octanol–water partition coefficient (Wildman–Crippen LogP) is 3.89. The molecule has 0 unspecified atom stereocenters. The van der Waals surface area contributed by atoms with Crippen LogP contribution in [0.3, 0.4) is 0 Å². The molecule has 1 aromatic carbocycles. The first kappa shape index (κ1) is 14.5. The lowest BCUT2D eigenvalue weighted by Crippen LogP contribution is -2.05. The van der Waals surface area contributed by atoms with E-state index in [0.717, 1.165) is 12.1 Å². The van der Waals surface area contributed by atoms with Gasteiger partial charge in [-0.15, -0.1) is 0 Å². The van der Waals surface area contributed by atoms with Crippen LogP contribution in [0.15, 0.2) is 18.3 Å². The summed E-state index contributed by atoms with van der Waals surface area (Å²) in [5, 5.41) is 5.79. The van der Waals surface area contributed by atoms with Gasteiger partial charge >= 0.3 is 0 Å². The van der Waals surface area contributed by atoms with Gasteiger partial charge in [-0.2, -0.15) is 4.98 Å². The third-order valence-corrected chi connectivity index (χ3v) is 2.86. The Morgan fingerprint density at radius 3 is 2.70 bits per heavy atom. The molecular weight excluding hydrogens is 286 g/mol. The zero-order valence-electron chi connectivity index (χ0n) is 11.0. The van der Waals surface area contributed by atoms with Crippen molar-refractivity contribution >= 4 is 29.1 Å². The first-order valence-electron chi connectivity index (χ1n) is 6.00. The number of hydrogen-bond acceptors (Lipinski definition) is 4. The van der Waals surface area contributed by atoms with Crippen molar-refractivity contribution in [1.82, 2.24) is 9.97 Å². The highest BCUT2D eigenvalue weighted by atomic mass is 35.5. The maximum absolute atomic E-state index is 13.8. The number of rotatable bonds is 4. The van der Waals surface area contributed by atoms with Gasteiger partial charge in [0.15, 0.2) is 5.82 Å². The molecule has 0 fully saturated rings. The largest absolute Gasteiger partial charge is 0.354 e. The molecule has 7 heteroatoms. The number of benzene rings is 1. The molecule has 106 valence electrons. The molecule has 0 bridgehead atoms. The summed E-state index contributed by atoms with van der Waals surface area (Å²) in [6.07, 6.45) is 1.39. The summed E-state index contributed by atoms with van der Waals surface area (Å²) in [7, 11) is 0. The summed E-state index contributed by atoms with van der Waals surface area (Å²) in [4.78, 5) is 8.06. The number of nitrogens with zero attached hydrogens (tertiary/aromatic N) is 2. The van der Waals surface area contributed by atoms with Crippen molar-refractivity contribution in [2.75, 3.05) is 17.2 Å². The number of aryl methyl sites for hydroxylation is 1. The summed E-state index contributed by atoms with van der Waals surface area (Å²) < 4.78 is 27.2. The fraction of sp³-hybridized carbons (Fsp3) is 0.231. The molecule has 0 radical (unpaired) electrons. The lowest BCUT2D eigenvalue weighted by molar-refractivity contribution is 0.595. The third-order valence-electron chi connectivity index (χ3n) is 2.58. The van der Waals surface area contributed by atoms with Gasteiger partial charge in [-0.1, -0.05) is 11.6 Å². The van der Waals surface area contributed by atoms with Gasteiger partial charge < -0.3 is 10.6 Å². The van der Waals surface area contributed by atoms with Crippen molar-refractivity contribution in [2.24, 2.45) is 0 Å². The van der Waals surface area contributed by atoms with E-state index in [0.29, 0.717) is 12.5 Å². The minimum absolute atomic E-state index is 0.0313. The molecule has 0 atom stereocenters. The monoisotopic (exact) mass is 298 g/mol. The van der Waals surface area contributed by atoms with Crippen molar-refractivity contribution in [3.8, 4) is 0 Å². The van der Waals surface area contributed by atoms with Gasteiger partial charge in [0.25, 0.3) is 0 Å². The van der Waals surface area contributed by atoms with E-state index in [1.54, 1.807) is 0 Å². The molecule has 4 nitrogen and oxygen atoms in total. The Labute approximate surface area is 120 Å². The molecule has 20 heavy (non-hydrogen) atoms. The summed E-state index contributed by atoms with van der Waals surface area (Å²) in [5.74, 6) is -0.526. The summed E-state index contributed by atoms with van der Waals surface area (Å²) in [6, 6.07) is 2.17. The van der Waals surface area contributed by atoms with Gasteiger partial charge in [0, 0.05) is 12.6 Å². The Morgan fingerprint density at radius 1 is 1.25 bits per heavy atom. The molecule has 1 aromatic heterocycles. The zero-order chi connectivity index (χ0) is 14.7. The number of anilines is 3. The van der Waals surface area contributed by atoms with Crippen LogP contribution < -0.4 is 10.6 Å². The molecule has 0 aliphatic rings. The van der Waals surface area contributed by atoms with Gasteiger partial charge in [0.1, 0.15) is 16.7 Å². The minimum Gasteiger partial charge on any atom is -0.354 e. The highest BCUT2D eigenvalue weighted by Gasteiger charge is 2.11. The van der Waals surface area contributed by atoms with Crippen LogP contribution in [0.4, 0.5) is 26.2 Å². The molecule has 0 aliphatic carbocycles. The number of hydrogen-bond donors (Lipinski definition) is 2. The van der Waals surface area contributed by atoms with Crippen molar-refractivity contribution in [3.05, 3.63) is 40.6 Å². The number of aromatic nitrogens is 2. The average molecular weight is 299 g/mol. The van der Waals surface area contributed by atoms with Gasteiger partial charge in [0.2, 0.25) is 5.95 Å². The minimum atomic E-state index is -0.580. The van der Waals surface area contributed by atoms with Crippen LogP contribution in [0.25, 0.3) is 0 Å². The van der Waals surface area contributed by atoms with E-state index < -0.39 is 11.6 Å². The first-order chi connectivity index (χ1) is 9.51. The van der Waals surface area contributed by atoms with Crippen LogP contribution in [0.5, 0.6) is 0 Å². The van der Waals surface area contributed by atoms with E-state index in [1.807, 2.05) is 6.92 Å². The average Bonchev–Trinajstić information content (AvgIpc) is 2.40. The Kier molecular flexibility index (Phi) is 4.34. The van der Waals surface area contributed by atoms with E-state index in [2.05, 4.69) is 20.6 Å². The smallest absolute Gasteiger partial charge is 0.224 e. The van der Waals surface area contributed by atoms with Crippen molar-refractivity contribution in [3.63, 3.8) is 0 Å². The Hall–Kier alpha value is -1.95. The highest BCUT2D eigenvalue weighted by molar-refractivity contribution is 6.32. The fourth-order valence-corrected chi connectivity index (χ4v) is 1.71. The quantitative estimate of drug-likeness (QED) is 0.899. The second-order valence-corrected chi connectivity index (χ2v) is 4.53. The molecule has 0 spiro atoms. The standard InChI is InChI=1S/C13H13ClF2N4/c1-3-17-13-18-6-8(14)12(20-13)19-11-5-9(15)7(2)4-10(11)16/h4-6H,3H2,1-2H3,(H2,17,18,19,20). The Morgan fingerprint density at radius 2 is 2.00 bits per heavy atom. The van der Waals surface area contributed by atoms with E-state index in [-0.39, 0.29) is 22.1 Å². The number of halogens is 3. The highest BCUT2D eigenvalue weighted by Crippen LogP contribution is 2.26. The van der Waals surface area contributed by atoms with Crippen LogP contribution in [-0.2, 0) is 0 Å². The molecule has 2 rings (SSSR count). The van der Waals surface area contributed by atoms with E-state index in [1.165, 1.54) is 13.1 Å². The van der Waals surface area contributed by atoms with Gasteiger partial charge in [0.05, 0.1) is 11.9 Å². The maximum Gasteiger partial charge on any atom is 0.224 e. The van der Waals surface area contributed by atoms with Crippen LogP contribution in [-0.4, -0.2) is 16.5 Å². The van der Waals surface area contributed by atoms with E-state index >= 15 is 0 Å². The van der Waals surface area contributed by atoms with Crippen molar-refractivity contribution in [2.45, 2.75) is 13.8 Å². The van der Waals surface area contributed by atoms with E-state index in [4.69, 9.17) is 11.6 Å². The Bertz CT molecular complexity index is 634. The van der Waals surface area contributed by atoms with Gasteiger partial charge in [-0.3, -0.25) is 0 Å². The summed E-state index contributed by atoms with van der Waals surface area (Å²) in [5.41, 5.74) is 0.200. The first-order valence-corrected chi connectivity index (χ1v) is 6.38. The van der Waals surface area contributed by atoms with Gasteiger partial charge in [-0.05, 0) is 25.5 Å². The topological polar surface area (TPSA) is 49.8 Å². The number of nitrogens with one attached hydrogen (secondary N) is 2. The van der Waals surface area contributed by atoms with Crippen LogP contribution in [0.1, 0.15) is 12.5 Å². The molecule has 0 amide bonds. The maximum atomic E-state index is 13.8. The SMILES string of the molecule is CCNc1ncc(Cl)c(Nc2cc(F)c(C)cc2F)n1. The summed E-state index contributed by atoms with van der Waals surface area (Å²) in [6.45, 7) is 4.01. The zero-order valence-corrected chi connectivity index (χ0v) is 11.7. The molecule has 1 heterocycles. The van der Waals surface area contributed by atoms with Crippen LogP contribution in [0, 0.1) is 18.6 Å². The third kappa shape index (κ3) is 3.14. The predicted molar refractivity (Wildman–Crippen MR) is 75.6 cm³/mol. The fourth-order valence-electron chi connectivity index (χ4n) is 1.57. The molecule has 2 aromatic rings. The second-order valence-electron chi connectivity index (χ2n) is 4.13. The van der Waals surface area contributed by atoms with Crippen LogP contribution in [0.2, 0.25) is 5.02 Å². The molecule has 0 saturated carbocycles. The van der Waals surface area contributed by atoms with Gasteiger partial charge in [-0.25, -0.2) is 13.8 Å². The van der Waals surface area contributed by atoms with Crippen molar-refractivity contribution in [1.29, 1.82) is 0 Å². The van der Waals surface area contributed by atoms with Crippen molar-refractivity contribution < 1.29 is 8.78 Å². The second kappa shape index (κ2) is 6.00. The normalized spacial score (nSPS) is 10.4. The lowest BCUT2D eigenvalue weighted by Gasteiger charge is -2.11. The molecule has 0 saturated heterocycles. The van der Waals surface area contributed by atoms with Crippen LogP contribution >= 0.6 is 11.6 Å². The van der Waals surface area contributed by atoms with E-state index in [9.17, 15) is 8.78 Å². The Balaban J connectivity index is 2.34. The lowest BCUT2D eigenvalue weighted by atomic mass is 10.2. The summed E-state index contributed by atoms with van der Waals surface area (Å²) >= 11 is 5.94. The molecular formula is C13H13ClF2N4. The molecule has 2 N–H and O–H groups in total.